The molecule has 3 aliphatic heterocycles. The number of allylic oxidation sites excluding steroid dienone is 3. The minimum absolute atomic E-state index is 0.0245. The standard InChI is InChI=1S/C42H62ClN5O11S/c1-25-12-11-13-32(56-10)42(54)24-31(57-40(53)45-42)26(2)38-41(4,59-38)33(23-36(51)48(8)29-21-28(20-25)22-30(55-9)37(29)43)58-39(52)27(3)47(7)35(50)15-19-60-18-14-34(49)46(6)17-16-44-5/h11-13,21-22,26-27,31-33,38,44,54H,14-20,23-24H2,1-10H3,(H,45,53)/b13-11+,25-12+/t26-,27+,31+,32-,33+,38+,41+,42+/m1/s1. The number of thioether (sulfide) groups is 1. The molecule has 0 radical (unpaired) electrons. The highest BCUT2D eigenvalue weighted by Gasteiger charge is 2.64. The summed E-state index contributed by atoms with van der Waals surface area (Å²) < 4.78 is 29.3. The molecule has 2 fully saturated rings. The van der Waals surface area contributed by atoms with Crippen molar-refractivity contribution in [2.75, 3.05) is 71.9 Å². The van der Waals surface area contributed by atoms with Crippen molar-refractivity contribution in [3.05, 3.63) is 46.5 Å². The normalized spacial score (nSPS) is 28.8. The zero-order valence-corrected chi connectivity index (χ0v) is 37.9. The number of hydrogen-bond acceptors (Lipinski definition) is 13. The fourth-order valence-electron chi connectivity index (χ4n) is 7.41. The van der Waals surface area contributed by atoms with Gasteiger partial charge in [0.05, 0.1) is 25.3 Å². The summed E-state index contributed by atoms with van der Waals surface area (Å²) in [5.74, 6) is -0.651. The maximum atomic E-state index is 14.2. The number of halogens is 1. The largest absolute Gasteiger partial charge is 0.495 e. The van der Waals surface area contributed by atoms with E-state index in [-0.39, 0.29) is 36.1 Å². The van der Waals surface area contributed by atoms with Crippen molar-refractivity contribution in [2.24, 2.45) is 5.92 Å². The maximum Gasteiger partial charge on any atom is 0.409 e. The molecule has 0 spiro atoms. The van der Waals surface area contributed by atoms with Gasteiger partial charge in [-0.25, -0.2) is 9.59 Å². The molecule has 4 amide bonds. The van der Waals surface area contributed by atoms with Gasteiger partial charge in [-0.2, -0.15) is 11.8 Å². The van der Waals surface area contributed by atoms with Gasteiger partial charge in [0.25, 0.3) is 0 Å². The molecule has 0 unspecified atom stereocenters. The number of fused-ring (bicyclic) bond motifs is 5. The summed E-state index contributed by atoms with van der Waals surface area (Å²) in [4.78, 5) is 71.0. The number of esters is 1. The Balaban J connectivity index is 1.58. The van der Waals surface area contributed by atoms with Crippen molar-refractivity contribution in [3.63, 3.8) is 0 Å². The highest BCUT2D eigenvalue weighted by atomic mass is 35.5. The van der Waals surface area contributed by atoms with Crippen LogP contribution >= 0.6 is 23.4 Å². The molecule has 3 N–H and O–H groups in total. The van der Waals surface area contributed by atoms with Crippen LogP contribution < -0.4 is 20.3 Å². The van der Waals surface area contributed by atoms with Crippen LogP contribution in [0.25, 0.3) is 0 Å². The summed E-state index contributed by atoms with van der Waals surface area (Å²) in [6.07, 6.45) is 1.26. The number of nitrogens with one attached hydrogen (secondary N) is 2. The van der Waals surface area contributed by atoms with Gasteiger partial charge in [-0.3, -0.25) is 19.7 Å². The first kappa shape index (κ1) is 48.8. The number of likely N-dealkylation sites (N-methyl/N-ethyl adjacent to an activating group) is 3. The number of rotatable bonds is 14. The monoisotopic (exact) mass is 879 g/mol. The lowest BCUT2D eigenvalue weighted by Crippen LogP contribution is -2.63. The van der Waals surface area contributed by atoms with E-state index in [1.807, 2.05) is 20.0 Å². The van der Waals surface area contributed by atoms with Crippen LogP contribution in [0.5, 0.6) is 5.75 Å². The lowest BCUT2D eigenvalue weighted by Gasteiger charge is -2.42. The number of carbonyl (C=O) groups is 5. The molecule has 2 saturated heterocycles. The van der Waals surface area contributed by atoms with Gasteiger partial charge in [0, 0.05) is 78.0 Å². The second-order valence-electron chi connectivity index (χ2n) is 15.9. The zero-order chi connectivity index (χ0) is 44.5. The number of anilines is 1. The molecule has 3 aliphatic rings. The van der Waals surface area contributed by atoms with Crippen LogP contribution in [0.4, 0.5) is 10.5 Å². The number of aliphatic hydroxyl groups is 1. The van der Waals surface area contributed by atoms with Crippen LogP contribution in [-0.4, -0.2) is 153 Å². The van der Waals surface area contributed by atoms with E-state index < -0.39 is 65.7 Å². The molecule has 16 nitrogen and oxygen atoms in total. The molecule has 4 bridgehead atoms. The fourth-order valence-corrected chi connectivity index (χ4v) is 8.57. The molecule has 0 aromatic heterocycles. The highest BCUT2D eigenvalue weighted by molar-refractivity contribution is 7.99. The van der Waals surface area contributed by atoms with Crippen LogP contribution in [0.3, 0.4) is 0 Å². The van der Waals surface area contributed by atoms with Gasteiger partial charge in [-0.1, -0.05) is 42.3 Å². The highest BCUT2D eigenvalue weighted by Crippen LogP contribution is 2.49. The van der Waals surface area contributed by atoms with Crippen LogP contribution in [0.2, 0.25) is 5.02 Å². The number of benzene rings is 1. The van der Waals surface area contributed by atoms with Crippen molar-refractivity contribution in [3.8, 4) is 5.75 Å². The first-order valence-corrected chi connectivity index (χ1v) is 21.6. The molecular formula is C42H62ClN5O11S. The second kappa shape index (κ2) is 21.3. The lowest BCUT2D eigenvalue weighted by atomic mass is 9.83. The smallest absolute Gasteiger partial charge is 0.409 e. The van der Waals surface area contributed by atoms with Gasteiger partial charge in [0.2, 0.25) is 17.7 Å². The second-order valence-corrected chi connectivity index (χ2v) is 17.5. The molecule has 1 aromatic carbocycles. The number of methoxy groups -OCH3 is 2. The van der Waals surface area contributed by atoms with Gasteiger partial charge >= 0.3 is 12.1 Å². The zero-order valence-electron chi connectivity index (χ0n) is 36.4. The minimum Gasteiger partial charge on any atom is -0.495 e. The SMILES string of the molecule is CNCCN(C)C(=O)CCSCCC(=O)N(C)[C@@H](C)C(=O)O[C@H]1CC(=O)N(C)c2cc(cc(OC)c2Cl)C/C(C)=C/C=C/[C@@H](OC)[C@@]2(O)C[C@H](OC(=O)N2)[C@@H](C)[C@@H]2O[C@@]12C. The molecule has 0 aliphatic carbocycles. The van der Waals surface area contributed by atoms with Gasteiger partial charge in [-0.15, -0.1) is 0 Å². The van der Waals surface area contributed by atoms with Crippen molar-refractivity contribution in [1.29, 1.82) is 0 Å². The fraction of sp³-hybridized carbons (Fsp3) is 0.643. The topological polar surface area (TPSA) is 189 Å². The summed E-state index contributed by atoms with van der Waals surface area (Å²) in [5, 5.41) is 17.5. The van der Waals surface area contributed by atoms with Gasteiger partial charge in [-0.05, 0) is 51.9 Å². The quantitative estimate of drug-likeness (QED) is 0.140. The number of amides is 4. The molecule has 60 heavy (non-hydrogen) atoms. The molecule has 4 rings (SSSR count). The predicted octanol–water partition coefficient (Wildman–Crippen LogP) is 3.71. The Bertz CT molecular complexity index is 1800. The Hall–Kier alpha value is -3.87. The van der Waals surface area contributed by atoms with Gasteiger partial charge in [0.1, 0.15) is 40.7 Å². The molecular weight excluding hydrogens is 818 g/mol. The van der Waals surface area contributed by atoms with Crippen molar-refractivity contribution in [1.82, 2.24) is 20.4 Å². The molecule has 3 heterocycles. The Kier molecular flexibility index (Phi) is 17.3. The lowest BCUT2D eigenvalue weighted by molar-refractivity contribution is -0.162. The molecule has 1 aromatic rings. The number of epoxide rings is 1. The van der Waals surface area contributed by atoms with E-state index in [0.29, 0.717) is 48.9 Å². The van der Waals surface area contributed by atoms with E-state index >= 15 is 0 Å². The Morgan fingerprint density at radius 2 is 1.85 bits per heavy atom. The maximum absolute atomic E-state index is 14.2. The van der Waals surface area contributed by atoms with Crippen molar-refractivity contribution >= 4 is 58.8 Å². The van der Waals surface area contributed by atoms with Crippen molar-refractivity contribution < 1.29 is 52.8 Å². The Morgan fingerprint density at radius 1 is 1.17 bits per heavy atom. The Morgan fingerprint density at radius 3 is 2.50 bits per heavy atom. The van der Waals surface area contributed by atoms with E-state index in [0.717, 1.165) is 11.1 Å². The minimum atomic E-state index is -1.84. The van der Waals surface area contributed by atoms with E-state index in [9.17, 15) is 29.1 Å². The van der Waals surface area contributed by atoms with E-state index in [4.69, 9.17) is 35.3 Å². The number of hydrogen-bond donors (Lipinski definition) is 3. The van der Waals surface area contributed by atoms with E-state index in [2.05, 4.69) is 10.6 Å². The number of ether oxygens (including phenoxy) is 5. The summed E-state index contributed by atoms with van der Waals surface area (Å²) in [6.45, 7) is 8.27. The van der Waals surface area contributed by atoms with Crippen LogP contribution in [0, 0.1) is 5.92 Å². The average Bonchev–Trinajstić information content (AvgIpc) is 3.91. The summed E-state index contributed by atoms with van der Waals surface area (Å²) in [6, 6.07) is 2.55. The Labute approximate surface area is 362 Å². The molecule has 18 heteroatoms. The summed E-state index contributed by atoms with van der Waals surface area (Å²) >= 11 is 8.27. The summed E-state index contributed by atoms with van der Waals surface area (Å²) in [5.41, 5.74) is -0.995. The third-order valence-corrected chi connectivity index (χ3v) is 12.9. The van der Waals surface area contributed by atoms with Gasteiger partial charge in [0.15, 0.2) is 5.72 Å². The number of carbonyl (C=O) groups excluding carboxylic acids is 5. The first-order chi connectivity index (χ1) is 28.3. The van der Waals surface area contributed by atoms with E-state index in [1.54, 1.807) is 64.1 Å². The number of nitrogens with zero attached hydrogens (tertiary/aromatic N) is 3. The van der Waals surface area contributed by atoms with Crippen LogP contribution in [0.1, 0.15) is 58.9 Å². The van der Waals surface area contributed by atoms with Crippen LogP contribution in [-0.2, 0) is 44.5 Å². The summed E-state index contributed by atoms with van der Waals surface area (Å²) in [7, 11) is 9.58. The van der Waals surface area contributed by atoms with E-state index in [1.165, 1.54) is 42.8 Å². The predicted molar refractivity (Wildman–Crippen MR) is 229 cm³/mol. The van der Waals surface area contributed by atoms with Crippen molar-refractivity contribution in [2.45, 2.75) is 102 Å². The van der Waals surface area contributed by atoms with Gasteiger partial charge < -0.3 is 48.8 Å². The molecule has 8 atom stereocenters. The first-order valence-electron chi connectivity index (χ1n) is 20.1. The molecule has 0 saturated carbocycles. The third kappa shape index (κ3) is 11.9. The number of alkyl carbamates (subject to hydrolysis) is 1. The average molecular weight is 881 g/mol. The third-order valence-electron chi connectivity index (χ3n) is 11.6. The van der Waals surface area contributed by atoms with Crippen LogP contribution in [0.15, 0.2) is 35.9 Å². The molecule has 334 valence electrons.